The standard InChI is InChI=1S/C16H15BrN2O/c17-15-11-13(8-9-18-15)16(20)19-10-4-3-6-12-5-1-2-7-14(12)19/h1-2,5,7-9,11H,3-4,6,10H2. The van der Waals surface area contributed by atoms with E-state index in [0.717, 1.165) is 31.5 Å². The van der Waals surface area contributed by atoms with Crippen molar-refractivity contribution < 1.29 is 4.79 Å². The number of anilines is 1. The topological polar surface area (TPSA) is 33.2 Å². The molecule has 0 saturated carbocycles. The van der Waals surface area contributed by atoms with Crippen LogP contribution in [0, 0.1) is 0 Å². The molecule has 0 unspecified atom stereocenters. The molecule has 1 aliphatic heterocycles. The summed E-state index contributed by atoms with van der Waals surface area (Å²) in [6, 6.07) is 11.7. The number of fused-ring (bicyclic) bond motifs is 1. The molecule has 1 aliphatic rings. The van der Waals surface area contributed by atoms with Crippen molar-refractivity contribution in [1.29, 1.82) is 0 Å². The van der Waals surface area contributed by atoms with E-state index in [1.54, 1.807) is 18.3 Å². The van der Waals surface area contributed by atoms with Gasteiger partial charge in [0, 0.05) is 24.0 Å². The predicted octanol–water partition coefficient (Wildman–Crippen LogP) is 3.83. The predicted molar refractivity (Wildman–Crippen MR) is 83.0 cm³/mol. The number of amides is 1. The van der Waals surface area contributed by atoms with Crippen LogP contribution in [0.1, 0.15) is 28.8 Å². The summed E-state index contributed by atoms with van der Waals surface area (Å²) in [6.45, 7) is 0.774. The van der Waals surface area contributed by atoms with Gasteiger partial charge in [-0.15, -0.1) is 0 Å². The number of pyridine rings is 1. The molecular weight excluding hydrogens is 316 g/mol. The van der Waals surface area contributed by atoms with Crippen LogP contribution in [0.15, 0.2) is 47.2 Å². The average Bonchev–Trinajstić information content (AvgIpc) is 2.69. The van der Waals surface area contributed by atoms with E-state index in [1.807, 2.05) is 23.1 Å². The van der Waals surface area contributed by atoms with Crippen LogP contribution in [0.25, 0.3) is 0 Å². The van der Waals surface area contributed by atoms with Crippen molar-refractivity contribution in [2.45, 2.75) is 19.3 Å². The van der Waals surface area contributed by atoms with Gasteiger partial charge in [0.15, 0.2) is 0 Å². The van der Waals surface area contributed by atoms with Crippen molar-refractivity contribution in [2.24, 2.45) is 0 Å². The molecule has 3 rings (SSSR count). The van der Waals surface area contributed by atoms with Gasteiger partial charge in [0.05, 0.1) is 0 Å². The Morgan fingerprint density at radius 2 is 2.05 bits per heavy atom. The molecule has 102 valence electrons. The Hall–Kier alpha value is -1.68. The monoisotopic (exact) mass is 330 g/mol. The number of hydrogen-bond acceptors (Lipinski definition) is 2. The zero-order chi connectivity index (χ0) is 13.9. The van der Waals surface area contributed by atoms with Crippen LogP contribution in [-0.2, 0) is 6.42 Å². The number of aryl methyl sites for hydroxylation is 1. The highest BCUT2D eigenvalue weighted by atomic mass is 79.9. The summed E-state index contributed by atoms with van der Waals surface area (Å²) in [5.41, 5.74) is 2.97. The smallest absolute Gasteiger partial charge is 0.258 e. The van der Waals surface area contributed by atoms with Gasteiger partial charge in [-0.25, -0.2) is 4.98 Å². The van der Waals surface area contributed by atoms with Crippen molar-refractivity contribution in [3.8, 4) is 0 Å². The maximum atomic E-state index is 12.7. The summed E-state index contributed by atoms with van der Waals surface area (Å²) in [4.78, 5) is 18.7. The SMILES string of the molecule is O=C(c1ccnc(Br)c1)N1CCCCc2ccccc21. The van der Waals surface area contributed by atoms with E-state index in [0.29, 0.717) is 10.2 Å². The molecule has 3 nitrogen and oxygen atoms in total. The lowest BCUT2D eigenvalue weighted by Gasteiger charge is -2.23. The van der Waals surface area contributed by atoms with Crippen LogP contribution in [-0.4, -0.2) is 17.4 Å². The van der Waals surface area contributed by atoms with Crippen molar-refractivity contribution in [3.05, 3.63) is 58.3 Å². The summed E-state index contributed by atoms with van der Waals surface area (Å²) in [5, 5.41) is 0. The second-order valence-corrected chi connectivity index (χ2v) is 5.72. The van der Waals surface area contributed by atoms with Gasteiger partial charge in [0.1, 0.15) is 4.60 Å². The molecule has 20 heavy (non-hydrogen) atoms. The van der Waals surface area contributed by atoms with Crippen molar-refractivity contribution in [1.82, 2.24) is 4.98 Å². The van der Waals surface area contributed by atoms with Gasteiger partial charge in [-0.1, -0.05) is 18.2 Å². The van der Waals surface area contributed by atoms with Crippen LogP contribution in [0.2, 0.25) is 0 Å². The number of hydrogen-bond donors (Lipinski definition) is 0. The molecule has 1 aromatic heterocycles. The lowest BCUT2D eigenvalue weighted by molar-refractivity contribution is 0.0987. The fourth-order valence-electron chi connectivity index (χ4n) is 2.59. The van der Waals surface area contributed by atoms with Gasteiger partial charge in [-0.2, -0.15) is 0 Å². The maximum absolute atomic E-state index is 12.7. The summed E-state index contributed by atoms with van der Waals surface area (Å²) in [6.07, 6.45) is 4.86. The molecular formula is C16H15BrN2O. The minimum absolute atomic E-state index is 0.0439. The summed E-state index contributed by atoms with van der Waals surface area (Å²) in [7, 11) is 0. The summed E-state index contributed by atoms with van der Waals surface area (Å²) < 4.78 is 0.687. The van der Waals surface area contributed by atoms with Gasteiger partial charge in [-0.3, -0.25) is 4.79 Å². The molecule has 1 amide bonds. The zero-order valence-electron chi connectivity index (χ0n) is 11.1. The Morgan fingerprint density at radius 1 is 1.20 bits per heavy atom. The third-order valence-electron chi connectivity index (χ3n) is 3.58. The number of carbonyl (C=O) groups excluding carboxylic acids is 1. The molecule has 2 aromatic rings. The lowest BCUT2D eigenvalue weighted by atomic mass is 10.1. The second kappa shape index (κ2) is 5.75. The first-order chi connectivity index (χ1) is 9.75. The molecule has 0 bridgehead atoms. The van der Waals surface area contributed by atoms with Gasteiger partial charge >= 0.3 is 0 Å². The maximum Gasteiger partial charge on any atom is 0.258 e. The van der Waals surface area contributed by atoms with E-state index >= 15 is 0 Å². The Balaban J connectivity index is 1.99. The Labute approximate surface area is 126 Å². The number of aromatic nitrogens is 1. The first-order valence-corrected chi connectivity index (χ1v) is 7.56. The first-order valence-electron chi connectivity index (χ1n) is 6.77. The fourth-order valence-corrected chi connectivity index (χ4v) is 2.96. The summed E-state index contributed by atoms with van der Waals surface area (Å²) in [5.74, 6) is 0.0439. The highest BCUT2D eigenvalue weighted by Gasteiger charge is 2.22. The quantitative estimate of drug-likeness (QED) is 0.744. The average molecular weight is 331 g/mol. The van der Waals surface area contributed by atoms with E-state index in [2.05, 4.69) is 27.0 Å². The van der Waals surface area contributed by atoms with Crippen molar-refractivity contribution in [2.75, 3.05) is 11.4 Å². The van der Waals surface area contributed by atoms with Gasteiger partial charge in [-0.05, 0) is 59.0 Å². The van der Waals surface area contributed by atoms with E-state index in [-0.39, 0.29) is 5.91 Å². The molecule has 0 atom stereocenters. The van der Waals surface area contributed by atoms with E-state index in [9.17, 15) is 4.79 Å². The van der Waals surface area contributed by atoms with Crippen LogP contribution in [0.3, 0.4) is 0 Å². The number of nitrogens with zero attached hydrogens (tertiary/aromatic N) is 2. The Bertz CT molecular complexity index is 642. The van der Waals surface area contributed by atoms with Crippen LogP contribution < -0.4 is 4.90 Å². The molecule has 1 aromatic carbocycles. The van der Waals surface area contributed by atoms with Gasteiger partial charge < -0.3 is 4.90 Å². The minimum Gasteiger partial charge on any atom is -0.308 e. The molecule has 0 radical (unpaired) electrons. The van der Waals surface area contributed by atoms with E-state index in [1.165, 1.54) is 5.56 Å². The van der Waals surface area contributed by atoms with E-state index in [4.69, 9.17) is 0 Å². The van der Waals surface area contributed by atoms with E-state index < -0.39 is 0 Å². The third kappa shape index (κ3) is 2.61. The molecule has 2 heterocycles. The van der Waals surface area contributed by atoms with Gasteiger partial charge in [0.2, 0.25) is 0 Å². The number of para-hydroxylation sites is 1. The molecule has 0 saturated heterocycles. The summed E-state index contributed by atoms with van der Waals surface area (Å²) >= 11 is 3.32. The van der Waals surface area contributed by atoms with Crippen molar-refractivity contribution >= 4 is 27.5 Å². The molecule has 0 spiro atoms. The zero-order valence-corrected chi connectivity index (χ0v) is 12.6. The molecule has 0 fully saturated rings. The minimum atomic E-state index is 0.0439. The van der Waals surface area contributed by atoms with Gasteiger partial charge in [0.25, 0.3) is 5.91 Å². The molecule has 4 heteroatoms. The highest BCUT2D eigenvalue weighted by molar-refractivity contribution is 9.10. The number of benzene rings is 1. The second-order valence-electron chi connectivity index (χ2n) is 4.91. The normalized spacial score (nSPS) is 14.6. The third-order valence-corrected chi connectivity index (χ3v) is 4.01. The Morgan fingerprint density at radius 3 is 2.90 bits per heavy atom. The fraction of sp³-hybridized carbons (Fsp3) is 0.250. The molecule has 0 aliphatic carbocycles. The van der Waals surface area contributed by atoms with Crippen molar-refractivity contribution in [3.63, 3.8) is 0 Å². The Kier molecular flexibility index (Phi) is 3.83. The first kappa shape index (κ1) is 13.3. The van der Waals surface area contributed by atoms with Crippen LogP contribution in [0.4, 0.5) is 5.69 Å². The highest BCUT2D eigenvalue weighted by Crippen LogP contribution is 2.27. The number of carbonyl (C=O) groups is 1. The largest absolute Gasteiger partial charge is 0.308 e. The number of rotatable bonds is 1. The lowest BCUT2D eigenvalue weighted by Crippen LogP contribution is -2.31. The van der Waals surface area contributed by atoms with Crippen LogP contribution in [0.5, 0.6) is 0 Å². The molecule has 0 N–H and O–H groups in total. The number of halogens is 1. The van der Waals surface area contributed by atoms with Crippen LogP contribution >= 0.6 is 15.9 Å².